The molecule has 0 amide bonds. The van der Waals surface area contributed by atoms with Crippen molar-refractivity contribution in [2.45, 2.75) is 32.0 Å². The minimum atomic E-state index is 0.608. The molecule has 5 rings (SSSR count). The van der Waals surface area contributed by atoms with Crippen LogP contribution in [0.1, 0.15) is 24.1 Å². The summed E-state index contributed by atoms with van der Waals surface area (Å²) in [5.74, 6) is 0.741. The van der Waals surface area contributed by atoms with Gasteiger partial charge in [0.05, 0.1) is 15.7 Å². The van der Waals surface area contributed by atoms with Crippen molar-refractivity contribution >= 4 is 23.2 Å². The molecule has 3 fully saturated rings. The van der Waals surface area contributed by atoms with Crippen LogP contribution in [0.15, 0.2) is 42.6 Å². The lowest BCUT2D eigenvalue weighted by Crippen LogP contribution is -2.43. The van der Waals surface area contributed by atoms with Crippen LogP contribution in [-0.2, 0) is 13.1 Å². The van der Waals surface area contributed by atoms with Gasteiger partial charge in [-0.25, -0.2) is 0 Å². The summed E-state index contributed by atoms with van der Waals surface area (Å²) in [7, 11) is 0. The number of piperidine rings is 1. The van der Waals surface area contributed by atoms with Crippen molar-refractivity contribution in [3.8, 4) is 0 Å². The number of nitrogens with zero attached hydrogens (tertiary/aromatic N) is 3. The lowest BCUT2D eigenvalue weighted by Gasteiger charge is -2.36. The van der Waals surface area contributed by atoms with Gasteiger partial charge < -0.3 is 0 Å². The van der Waals surface area contributed by atoms with Gasteiger partial charge in [0.25, 0.3) is 0 Å². The first-order valence-corrected chi connectivity index (χ1v) is 9.73. The number of benzene rings is 1. The lowest BCUT2D eigenvalue weighted by atomic mass is 9.94. The Bertz CT molecular complexity index is 722. The van der Waals surface area contributed by atoms with Crippen molar-refractivity contribution in [1.29, 1.82) is 0 Å². The highest BCUT2D eigenvalue weighted by Gasteiger charge is 2.34. The van der Waals surface area contributed by atoms with E-state index in [1.165, 1.54) is 37.2 Å². The van der Waals surface area contributed by atoms with E-state index >= 15 is 0 Å². The Hall–Kier alpha value is -1.13. The van der Waals surface area contributed by atoms with E-state index in [9.17, 15) is 0 Å². The maximum absolute atomic E-state index is 6.19. The zero-order chi connectivity index (χ0) is 17.2. The number of rotatable bonds is 4. The number of aromatic nitrogens is 1. The van der Waals surface area contributed by atoms with Crippen LogP contribution in [0.4, 0.5) is 0 Å². The molecule has 3 aliphatic rings. The minimum Gasteiger partial charge on any atom is -0.296 e. The number of halogens is 2. The summed E-state index contributed by atoms with van der Waals surface area (Å²) in [4.78, 5) is 9.71. The van der Waals surface area contributed by atoms with Gasteiger partial charge in [-0.2, -0.15) is 0 Å². The fourth-order valence-electron chi connectivity index (χ4n) is 4.19. The van der Waals surface area contributed by atoms with Crippen LogP contribution >= 0.6 is 23.2 Å². The van der Waals surface area contributed by atoms with Gasteiger partial charge in [-0.05, 0) is 48.6 Å². The van der Waals surface area contributed by atoms with Gasteiger partial charge in [-0.1, -0.05) is 35.3 Å². The predicted molar refractivity (Wildman–Crippen MR) is 103 cm³/mol. The Kier molecular flexibility index (Phi) is 5.28. The molecule has 2 atom stereocenters. The third-order valence-electron chi connectivity index (χ3n) is 5.38. The van der Waals surface area contributed by atoms with E-state index in [4.69, 9.17) is 23.2 Å². The first-order chi connectivity index (χ1) is 12.2. The molecule has 5 heteroatoms. The zero-order valence-electron chi connectivity index (χ0n) is 14.2. The van der Waals surface area contributed by atoms with Gasteiger partial charge in [0.15, 0.2) is 0 Å². The minimum absolute atomic E-state index is 0.608. The topological polar surface area (TPSA) is 19.4 Å². The molecule has 3 nitrogen and oxygen atoms in total. The first-order valence-electron chi connectivity index (χ1n) is 8.97. The van der Waals surface area contributed by atoms with E-state index in [0.717, 1.165) is 25.6 Å². The highest BCUT2D eigenvalue weighted by Crippen LogP contribution is 2.31. The fourth-order valence-corrected chi connectivity index (χ4v) is 4.51. The van der Waals surface area contributed by atoms with Gasteiger partial charge in [0.1, 0.15) is 0 Å². The predicted octanol–water partition coefficient (Wildman–Crippen LogP) is 4.48. The Morgan fingerprint density at radius 2 is 1.88 bits per heavy atom. The average molecular weight is 376 g/mol. The molecule has 1 aromatic carbocycles. The van der Waals surface area contributed by atoms with Crippen molar-refractivity contribution in [1.82, 2.24) is 14.8 Å². The molecule has 3 saturated heterocycles. The molecule has 132 valence electrons. The van der Waals surface area contributed by atoms with Crippen molar-refractivity contribution in [3.05, 3.63) is 63.9 Å². The van der Waals surface area contributed by atoms with E-state index in [0.29, 0.717) is 16.1 Å². The Labute approximate surface area is 159 Å². The third kappa shape index (κ3) is 4.17. The van der Waals surface area contributed by atoms with Crippen molar-refractivity contribution < 1.29 is 0 Å². The van der Waals surface area contributed by atoms with Crippen LogP contribution in [-0.4, -0.2) is 40.5 Å². The van der Waals surface area contributed by atoms with Crippen LogP contribution in [0.2, 0.25) is 10.0 Å². The van der Waals surface area contributed by atoms with E-state index in [2.05, 4.69) is 33.0 Å². The summed E-state index contributed by atoms with van der Waals surface area (Å²) in [5.41, 5.74) is 2.41. The zero-order valence-corrected chi connectivity index (χ0v) is 15.8. The number of pyridine rings is 1. The summed E-state index contributed by atoms with van der Waals surface area (Å²) in [6.45, 7) is 5.37. The average Bonchev–Trinajstić information content (AvgIpc) is 2.89. The van der Waals surface area contributed by atoms with Gasteiger partial charge in [0, 0.05) is 45.0 Å². The fraction of sp³-hybridized carbons (Fsp3) is 0.450. The summed E-state index contributed by atoms with van der Waals surface area (Å²) < 4.78 is 0. The van der Waals surface area contributed by atoms with Crippen molar-refractivity contribution in [3.63, 3.8) is 0 Å². The van der Waals surface area contributed by atoms with Gasteiger partial charge in [0.2, 0.25) is 0 Å². The molecule has 3 aliphatic heterocycles. The lowest BCUT2D eigenvalue weighted by molar-refractivity contribution is 0.123. The standard InChI is InChI=1S/C20H23Cl2N3/c21-19-7-5-15(9-20(19)22)11-25-12-16-4-6-18(25)14-24(10-16)13-17-3-1-2-8-23-17/h1-3,5,7-9,16,18H,4,6,10-14H2/t16-,18+/m0/s1. The van der Waals surface area contributed by atoms with Gasteiger partial charge >= 0.3 is 0 Å². The Morgan fingerprint density at radius 1 is 0.960 bits per heavy atom. The SMILES string of the molecule is Clc1ccc(CN2C[C@H]3CC[C@@H]2CN(Cc2ccccn2)C3)cc1Cl. The monoisotopic (exact) mass is 375 g/mol. The van der Waals surface area contributed by atoms with Crippen molar-refractivity contribution in [2.24, 2.45) is 5.92 Å². The van der Waals surface area contributed by atoms with Crippen LogP contribution in [0, 0.1) is 5.92 Å². The summed E-state index contributed by atoms with van der Waals surface area (Å²) in [5, 5.41) is 1.28. The highest BCUT2D eigenvalue weighted by molar-refractivity contribution is 6.42. The highest BCUT2D eigenvalue weighted by atomic mass is 35.5. The van der Waals surface area contributed by atoms with E-state index in [-0.39, 0.29) is 0 Å². The normalized spacial score (nSPS) is 24.4. The van der Waals surface area contributed by atoms with Crippen LogP contribution in [0.25, 0.3) is 0 Å². The maximum atomic E-state index is 6.19. The molecule has 1 aromatic heterocycles. The van der Waals surface area contributed by atoms with E-state index in [1.807, 2.05) is 24.4 Å². The molecule has 0 saturated carbocycles. The summed E-state index contributed by atoms with van der Waals surface area (Å²) in [6.07, 6.45) is 4.50. The smallest absolute Gasteiger partial charge is 0.0595 e. The van der Waals surface area contributed by atoms with Gasteiger partial charge in [-0.3, -0.25) is 14.8 Å². The molecule has 0 spiro atoms. The van der Waals surface area contributed by atoms with Crippen LogP contribution in [0.3, 0.4) is 0 Å². The molecule has 0 aliphatic carbocycles. The summed E-state index contributed by atoms with van der Waals surface area (Å²) in [6, 6.07) is 12.8. The molecule has 4 heterocycles. The second-order valence-electron chi connectivity index (χ2n) is 7.29. The molecule has 0 N–H and O–H groups in total. The quantitative estimate of drug-likeness (QED) is 0.784. The number of fused-ring (bicyclic) bond motifs is 4. The number of hydrogen-bond donors (Lipinski definition) is 0. The van der Waals surface area contributed by atoms with E-state index < -0.39 is 0 Å². The molecular formula is C20H23Cl2N3. The van der Waals surface area contributed by atoms with Crippen LogP contribution in [0.5, 0.6) is 0 Å². The largest absolute Gasteiger partial charge is 0.296 e. The van der Waals surface area contributed by atoms with Crippen LogP contribution < -0.4 is 0 Å². The van der Waals surface area contributed by atoms with Gasteiger partial charge in [-0.15, -0.1) is 0 Å². The van der Waals surface area contributed by atoms with Crippen molar-refractivity contribution in [2.75, 3.05) is 19.6 Å². The molecule has 0 unspecified atom stereocenters. The Balaban J connectivity index is 1.45. The molecule has 2 aromatic rings. The first kappa shape index (κ1) is 17.3. The molecular weight excluding hydrogens is 353 g/mol. The second kappa shape index (κ2) is 7.63. The second-order valence-corrected chi connectivity index (χ2v) is 8.10. The third-order valence-corrected chi connectivity index (χ3v) is 6.12. The summed E-state index contributed by atoms with van der Waals surface area (Å²) >= 11 is 12.2. The molecule has 0 radical (unpaired) electrons. The van der Waals surface area contributed by atoms with E-state index in [1.54, 1.807) is 0 Å². The molecule has 2 bridgehead atoms. The maximum Gasteiger partial charge on any atom is 0.0595 e. The molecule has 25 heavy (non-hydrogen) atoms. The Morgan fingerprint density at radius 3 is 2.68 bits per heavy atom. The number of hydrogen-bond acceptors (Lipinski definition) is 3.